The summed E-state index contributed by atoms with van der Waals surface area (Å²) in [4.78, 5) is 11.3. The number of hydrogen-bond donors (Lipinski definition) is 2. The number of rotatable bonds is 14. The highest BCUT2D eigenvalue weighted by atomic mass is 32.2. The molecule has 0 atom stereocenters. The average Bonchev–Trinajstić information content (AvgIpc) is 2.79. The van der Waals surface area contributed by atoms with E-state index >= 15 is 0 Å². The number of carbonyl (C=O) groups excluding carboxylic acids is 1. The molecule has 200 valence electrons. The van der Waals surface area contributed by atoms with E-state index in [-0.39, 0.29) is 22.0 Å². The van der Waals surface area contributed by atoms with Crippen molar-refractivity contribution in [1.82, 2.24) is 4.72 Å². The number of benzene rings is 2. The molecule has 0 unspecified atom stereocenters. The number of nitrogens with one attached hydrogen (secondary N) is 2. The highest BCUT2D eigenvalue weighted by Gasteiger charge is 2.22. The van der Waals surface area contributed by atoms with Crippen LogP contribution in [0.4, 0.5) is 5.69 Å². The number of aryl methyl sites for hydroxylation is 1. The number of sulfonamides is 1. The molecule has 0 saturated carbocycles. The summed E-state index contributed by atoms with van der Waals surface area (Å²) < 4.78 is 40.4. The molecular weight excluding hydrogens is 476 g/mol. The SMILES string of the molecule is CCC(C)(C)Oc1ccc(CCCCNS(=O)(=O)c2ccc(NC(C)=O)cc2)c(OC(C)(C)CC)c1. The second-order valence-electron chi connectivity index (χ2n) is 10.3. The van der Waals surface area contributed by atoms with Crippen molar-refractivity contribution in [1.29, 1.82) is 0 Å². The Morgan fingerprint density at radius 3 is 2.08 bits per heavy atom. The second kappa shape index (κ2) is 12.6. The largest absolute Gasteiger partial charge is 0.488 e. The summed E-state index contributed by atoms with van der Waals surface area (Å²) >= 11 is 0. The lowest BCUT2D eigenvalue weighted by Gasteiger charge is -2.29. The smallest absolute Gasteiger partial charge is 0.240 e. The second-order valence-corrected chi connectivity index (χ2v) is 12.0. The van der Waals surface area contributed by atoms with E-state index in [4.69, 9.17) is 9.47 Å². The van der Waals surface area contributed by atoms with Crippen LogP contribution in [0, 0.1) is 0 Å². The van der Waals surface area contributed by atoms with Gasteiger partial charge in [-0.15, -0.1) is 0 Å². The van der Waals surface area contributed by atoms with Gasteiger partial charge in [-0.05, 0) is 95.7 Å². The van der Waals surface area contributed by atoms with E-state index in [2.05, 4.69) is 51.6 Å². The average molecular weight is 519 g/mol. The summed E-state index contributed by atoms with van der Waals surface area (Å²) in [6, 6.07) is 12.1. The third kappa shape index (κ3) is 9.47. The molecule has 36 heavy (non-hydrogen) atoms. The monoisotopic (exact) mass is 518 g/mol. The molecule has 2 aromatic rings. The highest BCUT2D eigenvalue weighted by molar-refractivity contribution is 7.89. The van der Waals surface area contributed by atoms with Crippen LogP contribution in [-0.2, 0) is 21.2 Å². The Labute approximate surface area is 217 Å². The Morgan fingerprint density at radius 2 is 1.50 bits per heavy atom. The molecule has 0 radical (unpaired) electrons. The first-order valence-corrected chi connectivity index (χ1v) is 14.1. The quantitative estimate of drug-likeness (QED) is 0.296. The molecule has 2 aromatic carbocycles. The van der Waals surface area contributed by atoms with Gasteiger partial charge in [-0.1, -0.05) is 19.9 Å². The molecule has 0 bridgehead atoms. The lowest BCUT2D eigenvalue weighted by molar-refractivity contribution is -0.114. The van der Waals surface area contributed by atoms with Crippen LogP contribution in [0.3, 0.4) is 0 Å². The van der Waals surface area contributed by atoms with Gasteiger partial charge in [-0.2, -0.15) is 0 Å². The maximum absolute atomic E-state index is 12.6. The molecule has 1 amide bonds. The van der Waals surface area contributed by atoms with Crippen molar-refractivity contribution < 1.29 is 22.7 Å². The van der Waals surface area contributed by atoms with Crippen LogP contribution in [-0.4, -0.2) is 32.1 Å². The Bertz CT molecular complexity index is 1110. The summed E-state index contributed by atoms with van der Waals surface area (Å²) in [5, 5.41) is 2.63. The molecule has 2 rings (SSSR count). The maximum atomic E-state index is 12.6. The summed E-state index contributed by atoms with van der Waals surface area (Å²) in [7, 11) is -3.62. The van der Waals surface area contributed by atoms with Crippen LogP contribution in [0.5, 0.6) is 11.5 Å². The minimum Gasteiger partial charge on any atom is -0.488 e. The summed E-state index contributed by atoms with van der Waals surface area (Å²) in [6.45, 7) is 14.2. The van der Waals surface area contributed by atoms with Crippen molar-refractivity contribution in [2.45, 2.75) is 96.7 Å². The molecule has 0 aliphatic rings. The molecule has 0 heterocycles. The van der Waals surface area contributed by atoms with Crippen molar-refractivity contribution in [2.75, 3.05) is 11.9 Å². The molecule has 0 saturated heterocycles. The van der Waals surface area contributed by atoms with E-state index in [0.29, 0.717) is 18.7 Å². The Morgan fingerprint density at radius 1 is 0.889 bits per heavy atom. The van der Waals surface area contributed by atoms with Gasteiger partial charge in [0.15, 0.2) is 0 Å². The molecular formula is C28H42N2O5S. The van der Waals surface area contributed by atoms with Crippen LogP contribution < -0.4 is 19.5 Å². The van der Waals surface area contributed by atoms with Gasteiger partial charge in [0.25, 0.3) is 0 Å². The fraction of sp³-hybridized carbons (Fsp3) is 0.536. The number of amides is 1. The van der Waals surface area contributed by atoms with Crippen LogP contribution in [0.1, 0.15) is 79.7 Å². The van der Waals surface area contributed by atoms with Crippen LogP contribution in [0.15, 0.2) is 47.4 Å². The van der Waals surface area contributed by atoms with E-state index in [9.17, 15) is 13.2 Å². The van der Waals surface area contributed by atoms with Crippen molar-refractivity contribution in [2.24, 2.45) is 0 Å². The zero-order chi connectivity index (χ0) is 27.0. The predicted octanol–water partition coefficient (Wildman–Crippen LogP) is 6.08. The Kier molecular flexibility index (Phi) is 10.4. The fourth-order valence-electron chi connectivity index (χ4n) is 3.31. The van der Waals surface area contributed by atoms with Crippen molar-refractivity contribution >= 4 is 21.6 Å². The predicted molar refractivity (Wildman–Crippen MR) is 145 cm³/mol. The number of carbonyl (C=O) groups is 1. The van der Waals surface area contributed by atoms with Crippen molar-refractivity contribution in [3.63, 3.8) is 0 Å². The summed E-state index contributed by atoms with van der Waals surface area (Å²) in [5.41, 5.74) is 1.06. The van der Waals surface area contributed by atoms with Gasteiger partial charge in [0.2, 0.25) is 15.9 Å². The summed E-state index contributed by atoms with van der Waals surface area (Å²) in [6.07, 6.45) is 4.00. The number of hydrogen-bond acceptors (Lipinski definition) is 5. The molecule has 0 aromatic heterocycles. The standard InChI is InChI=1S/C28H42N2O5S/c1-8-27(4,5)34-24-16-13-22(26(20-24)35-28(6,7)9-2)12-10-11-19-29-36(32,33)25-17-14-23(15-18-25)30-21(3)31/h13-18,20,29H,8-12,19H2,1-7H3,(H,30,31). The van der Waals surface area contributed by atoms with Crippen molar-refractivity contribution in [3.8, 4) is 11.5 Å². The third-order valence-electron chi connectivity index (χ3n) is 6.17. The number of anilines is 1. The number of unbranched alkanes of at least 4 members (excludes halogenated alkanes) is 1. The van der Waals surface area contributed by atoms with Gasteiger partial charge in [-0.25, -0.2) is 13.1 Å². The van der Waals surface area contributed by atoms with E-state index in [1.54, 1.807) is 12.1 Å². The minimum atomic E-state index is -3.62. The highest BCUT2D eigenvalue weighted by Crippen LogP contribution is 2.32. The lowest BCUT2D eigenvalue weighted by Crippen LogP contribution is -2.28. The van der Waals surface area contributed by atoms with Gasteiger partial charge >= 0.3 is 0 Å². The summed E-state index contributed by atoms with van der Waals surface area (Å²) in [5.74, 6) is 1.39. The zero-order valence-corrected chi connectivity index (χ0v) is 23.6. The number of ether oxygens (including phenoxy) is 2. The maximum Gasteiger partial charge on any atom is 0.240 e. The van der Waals surface area contributed by atoms with Gasteiger partial charge in [0.05, 0.1) is 4.90 Å². The first kappa shape index (κ1) is 29.6. The van der Waals surface area contributed by atoms with Gasteiger partial charge in [-0.3, -0.25) is 4.79 Å². The molecule has 7 nitrogen and oxygen atoms in total. The van der Waals surface area contributed by atoms with E-state index in [1.807, 2.05) is 18.2 Å². The lowest BCUT2D eigenvalue weighted by atomic mass is 10.0. The molecule has 0 aliphatic carbocycles. The van der Waals surface area contributed by atoms with Crippen LogP contribution in [0.2, 0.25) is 0 Å². The fourth-order valence-corrected chi connectivity index (χ4v) is 4.39. The van der Waals surface area contributed by atoms with Gasteiger partial charge in [0, 0.05) is 25.2 Å². The zero-order valence-electron chi connectivity index (χ0n) is 22.7. The first-order chi connectivity index (χ1) is 16.8. The van der Waals surface area contributed by atoms with Gasteiger partial charge < -0.3 is 14.8 Å². The van der Waals surface area contributed by atoms with Crippen molar-refractivity contribution in [3.05, 3.63) is 48.0 Å². The first-order valence-electron chi connectivity index (χ1n) is 12.7. The molecule has 0 spiro atoms. The normalized spacial score (nSPS) is 12.3. The third-order valence-corrected chi connectivity index (χ3v) is 7.65. The topological polar surface area (TPSA) is 93.7 Å². The van der Waals surface area contributed by atoms with E-state index in [0.717, 1.165) is 42.7 Å². The Balaban J connectivity index is 1.99. The molecule has 0 aliphatic heterocycles. The van der Waals surface area contributed by atoms with Crippen LogP contribution in [0.25, 0.3) is 0 Å². The molecule has 2 N–H and O–H groups in total. The van der Waals surface area contributed by atoms with E-state index < -0.39 is 10.0 Å². The molecule has 0 fully saturated rings. The van der Waals surface area contributed by atoms with Crippen LogP contribution >= 0.6 is 0 Å². The molecule has 8 heteroatoms. The van der Waals surface area contributed by atoms with E-state index in [1.165, 1.54) is 19.1 Å². The Hall–Kier alpha value is -2.58. The minimum absolute atomic E-state index is 0.166. The van der Waals surface area contributed by atoms with Gasteiger partial charge in [0.1, 0.15) is 22.7 Å².